The van der Waals surface area contributed by atoms with Crippen LogP contribution in [0.15, 0.2) is 29.4 Å². The van der Waals surface area contributed by atoms with Gasteiger partial charge in [0.1, 0.15) is 5.75 Å². The quantitative estimate of drug-likeness (QED) is 0.501. The molecule has 0 amide bonds. The van der Waals surface area contributed by atoms with E-state index in [1.165, 1.54) is 12.1 Å². The maximum absolute atomic E-state index is 11.9. The first-order chi connectivity index (χ1) is 8.40. The standard InChI is InChI=1S/C12H14F3NO2/c1-9(16-17)2-3-10-4-6-11(7-5-10)18-8-12(13,14)15/h4-7,17H,2-3,8H2,1H3/b16-9+. The number of alkyl halides is 3. The number of ether oxygens (including phenoxy) is 1. The smallest absolute Gasteiger partial charge is 0.422 e. The summed E-state index contributed by atoms with van der Waals surface area (Å²) in [4.78, 5) is 0. The Kier molecular flexibility index (Phi) is 5.00. The summed E-state index contributed by atoms with van der Waals surface area (Å²) in [5, 5.41) is 11.5. The van der Waals surface area contributed by atoms with Crippen LogP contribution in [0.2, 0.25) is 0 Å². The monoisotopic (exact) mass is 261 g/mol. The van der Waals surface area contributed by atoms with Gasteiger partial charge in [-0.05, 0) is 37.5 Å². The lowest BCUT2D eigenvalue weighted by Gasteiger charge is -2.09. The van der Waals surface area contributed by atoms with Crippen LogP contribution < -0.4 is 4.74 Å². The second kappa shape index (κ2) is 6.28. The van der Waals surface area contributed by atoms with E-state index in [1.54, 1.807) is 19.1 Å². The van der Waals surface area contributed by atoms with Crippen molar-refractivity contribution >= 4 is 5.71 Å². The summed E-state index contributed by atoms with van der Waals surface area (Å²) in [7, 11) is 0. The van der Waals surface area contributed by atoms with Crippen LogP contribution in [0.1, 0.15) is 18.9 Å². The number of rotatable bonds is 5. The van der Waals surface area contributed by atoms with E-state index in [0.29, 0.717) is 18.6 Å². The van der Waals surface area contributed by atoms with Crippen LogP contribution in [0.3, 0.4) is 0 Å². The van der Waals surface area contributed by atoms with Crippen LogP contribution in [0.25, 0.3) is 0 Å². The highest BCUT2D eigenvalue weighted by molar-refractivity contribution is 5.81. The molecule has 0 aromatic heterocycles. The summed E-state index contributed by atoms with van der Waals surface area (Å²) in [6.45, 7) is 0.406. The van der Waals surface area contributed by atoms with Gasteiger partial charge >= 0.3 is 6.18 Å². The zero-order valence-electron chi connectivity index (χ0n) is 9.87. The van der Waals surface area contributed by atoms with Crippen molar-refractivity contribution in [1.29, 1.82) is 0 Å². The molecule has 0 aliphatic carbocycles. The molecule has 0 fully saturated rings. The van der Waals surface area contributed by atoms with Crippen molar-refractivity contribution in [2.45, 2.75) is 25.9 Å². The molecule has 0 saturated heterocycles. The topological polar surface area (TPSA) is 41.8 Å². The van der Waals surface area contributed by atoms with E-state index in [1.807, 2.05) is 0 Å². The van der Waals surface area contributed by atoms with E-state index in [2.05, 4.69) is 9.89 Å². The SMILES string of the molecule is C/C(CCc1ccc(OCC(F)(F)F)cc1)=N\O. The molecule has 0 aliphatic heterocycles. The Labute approximate surface area is 103 Å². The molecule has 3 nitrogen and oxygen atoms in total. The van der Waals surface area contributed by atoms with Gasteiger partial charge in [0, 0.05) is 0 Å². The lowest BCUT2D eigenvalue weighted by molar-refractivity contribution is -0.153. The fraction of sp³-hybridized carbons (Fsp3) is 0.417. The molecule has 0 aliphatic rings. The summed E-state index contributed by atoms with van der Waals surface area (Å²) in [5.74, 6) is 0.184. The lowest BCUT2D eigenvalue weighted by Crippen LogP contribution is -2.19. The number of aryl methyl sites for hydroxylation is 1. The predicted octanol–water partition coefficient (Wildman–Crippen LogP) is 3.41. The van der Waals surface area contributed by atoms with Crippen molar-refractivity contribution in [2.75, 3.05) is 6.61 Å². The summed E-state index contributed by atoms with van der Waals surface area (Å²) in [5.41, 5.74) is 1.55. The molecule has 0 unspecified atom stereocenters. The maximum atomic E-state index is 11.9. The van der Waals surface area contributed by atoms with E-state index in [9.17, 15) is 13.2 Å². The van der Waals surface area contributed by atoms with Gasteiger partial charge in [0.25, 0.3) is 0 Å². The summed E-state index contributed by atoms with van der Waals surface area (Å²) in [6, 6.07) is 6.37. The second-order valence-electron chi connectivity index (χ2n) is 3.88. The molecular formula is C12H14F3NO2. The van der Waals surface area contributed by atoms with Crippen molar-refractivity contribution in [1.82, 2.24) is 0 Å². The summed E-state index contributed by atoms with van der Waals surface area (Å²) >= 11 is 0. The molecule has 0 bridgehead atoms. The third kappa shape index (κ3) is 5.56. The van der Waals surface area contributed by atoms with E-state index in [4.69, 9.17) is 5.21 Å². The third-order valence-electron chi connectivity index (χ3n) is 2.27. The molecule has 1 aromatic carbocycles. The molecule has 0 radical (unpaired) electrons. The van der Waals surface area contributed by atoms with Gasteiger partial charge in [-0.3, -0.25) is 0 Å². The first kappa shape index (κ1) is 14.3. The van der Waals surface area contributed by atoms with E-state index in [0.717, 1.165) is 5.56 Å². The van der Waals surface area contributed by atoms with Gasteiger partial charge in [0.15, 0.2) is 6.61 Å². The van der Waals surface area contributed by atoms with Crippen LogP contribution in [0.4, 0.5) is 13.2 Å². The highest BCUT2D eigenvalue weighted by atomic mass is 19.4. The van der Waals surface area contributed by atoms with E-state index >= 15 is 0 Å². The van der Waals surface area contributed by atoms with Gasteiger partial charge in [0.05, 0.1) is 5.71 Å². The summed E-state index contributed by atoms with van der Waals surface area (Å²) in [6.07, 6.45) is -3.07. The lowest BCUT2D eigenvalue weighted by atomic mass is 10.1. The number of halogens is 3. The first-order valence-corrected chi connectivity index (χ1v) is 5.37. The number of hydrogen-bond acceptors (Lipinski definition) is 3. The first-order valence-electron chi connectivity index (χ1n) is 5.37. The largest absolute Gasteiger partial charge is 0.484 e. The zero-order valence-corrected chi connectivity index (χ0v) is 9.87. The molecule has 1 N–H and O–H groups in total. The number of benzene rings is 1. The van der Waals surface area contributed by atoms with Gasteiger partial charge in [-0.25, -0.2) is 0 Å². The highest BCUT2D eigenvalue weighted by Gasteiger charge is 2.28. The van der Waals surface area contributed by atoms with Gasteiger partial charge < -0.3 is 9.94 Å². The molecule has 0 saturated carbocycles. The fourth-order valence-corrected chi connectivity index (χ4v) is 1.29. The van der Waals surface area contributed by atoms with Crippen LogP contribution in [0, 0.1) is 0 Å². The number of hydrogen-bond donors (Lipinski definition) is 1. The van der Waals surface area contributed by atoms with Crippen LogP contribution >= 0.6 is 0 Å². The van der Waals surface area contributed by atoms with E-state index in [-0.39, 0.29) is 5.75 Å². The van der Waals surface area contributed by atoms with Crippen LogP contribution in [-0.4, -0.2) is 23.7 Å². The minimum absolute atomic E-state index is 0.184. The average Bonchev–Trinajstić information content (AvgIpc) is 2.33. The van der Waals surface area contributed by atoms with Crippen LogP contribution in [-0.2, 0) is 6.42 Å². The molecule has 0 spiro atoms. The molecule has 0 atom stereocenters. The van der Waals surface area contributed by atoms with Gasteiger partial charge in [-0.2, -0.15) is 13.2 Å². The Hall–Kier alpha value is -1.72. The molecular weight excluding hydrogens is 247 g/mol. The third-order valence-corrected chi connectivity index (χ3v) is 2.27. The molecule has 1 aromatic rings. The molecule has 18 heavy (non-hydrogen) atoms. The van der Waals surface area contributed by atoms with Crippen molar-refractivity contribution < 1.29 is 23.1 Å². The normalized spacial score (nSPS) is 12.6. The van der Waals surface area contributed by atoms with E-state index < -0.39 is 12.8 Å². The second-order valence-corrected chi connectivity index (χ2v) is 3.88. The minimum atomic E-state index is -4.33. The highest BCUT2D eigenvalue weighted by Crippen LogP contribution is 2.19. The Morgan fingerprint density at radius 3 is 2.39 bits per heavy atom. The Morgan fingerprint density at radius 2 is 1.89 bits per heavy atom. The van der Waals surface area contributed by atoms with Crippen molar-refractivity contribution in [3.63, 3.8) is 0 Å². The number of nitrogens with zero attached hydrogens (tertiary/aromatic N) is 1. The number of oxime groups is 1. The average molecular weight is 261 g/mol. The predicted molar refractivity (Wildman–Crippen MR) is 61.2 cm³/mol. The molecule has 100 valence electrons. The zero-order chi connectivity index (χ0) is 13.6. The van der Waals surface area contributed by atoms with Crippen molar-refractivity contribution in [3.8, 4) is 5.75 Å². The Morgan fingerprint density at radius 1 is 1.28 bits per heavy atom. The van der Waals surface area contributed by atoms with Gasteiger partial charge in [-0.15, -0.1) is 0 Å². The molecule has 1 rings (SSSR count). The minimum Gasteiger partial charge on any atom is -0.484 e. The fourth-order valence-electron chi connectivity index (χ4n) is 1.29. The Bertz CT molecular complexity index is 399. The summed E-state index contributed by atoms with van der Waals surface area (Å²) < 4.78 is 40.3. The van der Waals surface area contributed by atoms with Gasteiger partial charge in [0.2, 0.25) is 0 Å². The Balaban J connectivity index is 2.47. The maximum Gasteiger partial charge on any atom is 0.422 e. The van der Waals surface area contributed by atoms with Crippen molar-refractivity contribution in [2.24, 2.45) is 5.16 Å². The van der Waals surface area contributed by atoms with Gasteiger partial charge in [-0.1, -0.05) is 17.3 Å². The van der Waals surface area contributed by atoms with Crippen molar-refractivity contribution in [3.05, 3.63) is 29.8 Å². The molecule has 6 heteroatoms. The van der Waals surface area contributed by atoms with Crippen LogP contribution in [0.5, 0.6) is 5.75 Å². The molecule has 0 heterocycles.